The molecule has 0 bridgehead atoms. The van der Waals surface area contributed by atoms with Crippen molar-refractivity contribution < 1.29 is 0 Å². The van der Waals surface area contributed by atoms with Crippen molar-refractivity contribution in [3.05, 3.63) is 34.3 Å². The molecule has 0 unspecified atom stereocenters. The number of nitrogens with zero attached hydrogens (tertiary/aromatic N) is 2. The lowest BCUT2D eigenvalue weighted by Crippen LogP contribution is -2.02. The van der Waals surface area contributed by atoms with E-state index in [4.69, 9.17) is 5.73 Å². The predicted octanol–water partition coefficient (Wildman–Crippen LogP) is 1.88. The van der Waals surface area contributed by atoms with Crippen molar-refractivity contribution in [1.29, 1.82) is 0 Å². The molecule has 0 fully saturated rings. The number of rotatable bonds is 2. The molecule has 0 atom stereocenters. The fourth-order valence-corrected chi connectivity index (χ4v) is 2.10. The average molecular weight is 193 g/mol. The fraction of sp³-hybridized carbons (Fsp3) is 0.222. The standard InChI is InChI=1S/C9H11N3S/c1-7-2-5-13-8(7)6-12-4-3-11-9(12)10/h2-5H,6H2,1H3,(H2,10,11). The van der Waals surface area contributed by atoms with Crippen LogP contribution in [0.15, 0.2) is 23.8 Å². The molecule has 0 aromatic carbocycles. The molecular formula is C9H11N3S. The van der Waals surface area contributed by atoms with Crippen molar-refractivity contribution in [3.63, 3.8) is 0 Å². The minimum atomic E-state index is 0.577. The summed E-state index contributed by atoms with van der Waals surface area (Å²) >= 11 is 1.75. The zero-order valence-electron chi connectivity index (χ0n) is 7.40. The van der Waals surface area contributed by atoms with Crippen molar-refractivity contribution in [1.82, 2.24) is 9.55 Å². The second-order valence-electron chi connectivity index (χ2n) is 2.94. The van der Waals surface area contributed by atoms with E-state index in [1.54, 1.807) is 17.5 Å². The van der Waals surface area contributed by atoms with E-state index in [9.17, 15) is 0 Å². The van der Waals surface area contributed by atoms with Crippen LogP contribution in [0.5, 0.6) is 0 Å². The molecule has 0 aliphatic heterocycles. The minimum Gasteiger partial charge on any atom is -0.369 e. The summed E-state index contributed by atoms with van der Waals surface area (Å²) in [4.78, 5) is 5.31. The summed E-state index contributed by atoms with van der Waals surface area (Å²) in [5.74, 6) is 0.577. The minimum absolute atomic E-state index is 0.577. The Morgan fingerprint density at radius 2 is 2.46 bits per heavy atom. The Morgan fingerprint density at radius 1 is 1.62 bits per heavy atom. The first-order valence-electron chi connectivity index (χ1n) is 4.07. The van der Waals surface area contributed by atoms with Gasteiger partial charge in [0.2, 0.25) is 0 Å². The number of anilines is 1. The second-order valence-corrected chi connectivity index (χ2v) is 3.94. The van der Waals surface area contributed by atoms with Crippen molar-refractivity contribution in [2.75, 3.05) is 5.73 Å². The number of hydrogen-bond acceptors (Lipinski definition) is 3. The van der Waals surface area contributed by atoms with Crippen LogP contribution in [0, 0.1) is 6.92 Å². The van der Waals surface area contributed by atoms with Crippen LogP contribution in [-0.4, -0.2) is 9.55 Å². The highest BCUT2D eigenvalue weighted by Crippen LogP contribution is 2.17. The van der Waals surface area contributed by atoms with Crippen molar-refractivity contribution >= 4 is 17.3 Å². The third kappa shape index (κ3) is 1.58. The molecule has 3 nitrogen and oxygen atoms in total. The fourth-order valence-electron chi connectivity index (χ4n) is 1.20. The average Bonchev–Trinajstić information content (AvgIpc) is 2.65. The monoisotopic (exact) mass is 193 g/mol. The van der Waals surface area contributed by atoms with E-state index < -0.39 is 0 Å². The first kappa shape index (κ1) is 8.31. The number of aryl methyl sites for hydroxylation is 1. The summed E-state index contributed by atoms with van der Waals surface area (Å²) in [6.45, 7) is 2.94. The number of nitrogens with two attached hydrogens (primary N) is 1. The van der Waals surface area contributed by atoms with Crippen molar-refractivity contribution in [2.45, 2.75) is 13.5 Å². The van der Waals surface area contributed by atoms with E-state index in [-0.39, 0.29) is 0 Å². The predicted molar refractivity (Wildman–Crippen MR) is 54.8 cm³/mol. The Labute approximate surface area is 80.8 Å². The van der Waals surface area contributed by atoms with Gasteiger partial charge < -0.3 is 10.3 Å². The molecule has 2 aromatic heterocycles. The van der Waals surface area contributed by atoms with Gasteiger partial charge in [-0.2, -0.15) is 0 Å². The lowest BCUT2D eigenvalue weighted by molar-refractivity contribution is 0.819. The molecule has 0 aliphatic rings. The molecule has 4 heteroatoms. The van der Waals surface area contributed by atoms with Crippen molar-refractivity contribution in [2.24, 2.45) is 0 Å². The van der Waals surface area contributed by atoms with Crippen LogP contribution in [0.4, 0.5) is 5.95 Å². The molecular weight excluding hydrogens is 182 g/mol. The van der Waals surface area contributed by atoms with Gasteiger partial charge in [0.05, 0.1) is 6.54 Å². The number of nitrogen functional groups attached to an aromatic ring is 1. The largest absolute Gasteiger partial charge is 0.369 e. The quantitative estimate of drug-likeness (QED) is 0.791. The van der Waals surface area contributed by atoms with Gasteiger partial charge >= 0.3 is 0 Å². The SMILES string of the molecule is Cc1ccsc1Cn1ccnc1N. The molecule has 0 spiro atoms. The van der Waals surface area contributed by atoms with E-state index in [1.165, 1.54) is 10.4 Å². The maximum Gasteiger partial charge on any atom is 0.200 e. The van der Waals surface area contributed by atoms with Crippen LogP contribution in [0.2, 0.25) is 0 Å². The Morgan fingerprint density at radius 3 is 3.00 bits per heavy atom. The maximum atomic E-state index is 5.66. The van der Waals surface area contributed by atoms with Crippen LogP contribution in [-0.2, 0) is 6.54 Å². The highest BCUT2D eigenvalue weighted by Gasteiger charge is 2.02. The lowest BCUT2D eigenvalue weighted by Gasteiger charge is -2.02. The van der Waals surface area contributed by atoms with Crippen LogP contribution in [0.1, 0.15) is 10.4 Å². The van der Waals surface area contributed by atoms with Gasteiger partial charge in [-0.15, -0.1) is 11.3 Å². The molecule has 0 radical (unpaired) electrons. The van der Waals surface area contributed by atoms with E-state index >= 15 is 0 Å². The maximum absolute atomic E-state index is 5.66. The van der Waals surface area contributed by atoms with Crippen LogP contribution in [0.3, 0.4) is 0 Å². The van der Waals surface area contributed by atoms with E-state index in [1.807, 2.05) is 10.8 Å². The summed E-state index contributed by atoms with van der Waals surface area (Å²) in [5.41, 5.74) is 6.98. The van der Waals surface area contributed by atoms with Gasteiger partial charge in [-0.25, -0.2) is 4.98 Å². The summed E-state index contributed by atoms with van der Waals surface area (Å²) in [7, 11) is 0. The first-order chi connectivity index (χ1) is 6.27. The Bertz CT molecular complexity index is 364. The lowest BCUT2D eigenvalue weighted by atomic mass is 10.3. The van der Waals surface area contributed by atoms with E-state index in [2.05, 4.69) is 23.4 Å². The van der Waals surface area contributed by atoms with Crippen LogP contribution < -0.4 is 5.73 Å². The van der Waals surface area contributed by atoms with Gasteiger partial charge in [-0.1, -0.05) is 0 Å². The van der Waals surface area contributed by atoms with E-state index in [0.29, 0.717) is 5.95 Å². The number of hydrogen-bond donors (Lipinski definition) is 1. The smallest absolute Gasteiger partial charge is 0.200 e. The van der Waals surface area contributed by atoms with Crippen LogP contribution in [0.25, 0.3) is 0 Å². The summed E-state index contributed by atoms with van der Waals surface area (Å²) in [6.07, 6.45) is 3.62. The molecule has 2 N–H and O–H groups in total. The molecule has 0 amide bonds. The molecule has 2 aromatic rings. The molecule has 0 saturated carbocycles. The summed E-state index contributed by atoms with van der Waals surface area (Å²) in [6, 6.07) is 2.12. The number of imidazole rings is 1. The normalized spacial score (nSPS) is 10.5. The summed E-state index contributed by atoms with van der Waals surface area (Å²) < 4.78 is 1.94. The Balaban J connectivity index is 2.24. The van der Waals surface area contributed by atoms with Gasteiger partial charge in [0.1, 0.15) is 0 Å². The highest BCUT2D eigenvalue weighted by molar-refractivity contribution is 7.10. The topological polar surface area (TPSA) is 43.8 Å². The first-order valence-corrected chi connectivity index (χ1v) is 4.95. The third-order valence-electron chi connectivity index (χ3n) is 2.03. The van der Waals surface area contributed by atoms with Gasteiger partial charge in [-0.05, 0) is 23.9 Å². The molecule has 2 rings (SSSR count). The molecule has 0 aliphatic carbocycles. The van der Waals surface area contributed by atoms with Crippen LogP contribution >= 0.6 is 11.3 Å². The molecule has 2 heterocycles. The van der Waals surface area contributed by atoms with Gasteiger partial charge in [0.15, 0.2) is 5.95 Å². The molecule has 0 saturated heterocycles. The number of aromatic nitrogens is 2. The van der Waals surface area contributed by atoms with Crippen molar-refractivity contribution in [3.8, 4) is 0 Å². The Kier molecular flexibility index (Phi) is 2.06. The summed E-state index contributed by atoms with van der Waals surface area (Å²) in [5, 5.41) is 2.10. The third-order valence-corrected chi connectivity index (χ3v) is 3.04. The molecule has 68 valence electrons. The zero-order valence-corrected chi connectivity index (χ0v) is 8.21. The van der Waals surface area contributed by atoms with E-state index in [0.717, 1.165) is 6.54 Å². The zero-order chi connectivity index (χ0) is 9.26. The second kappa shape index (κ2) is 3.22. The van der Waals surface area contributed by atoms with Gasteiger partial charge in [0, 0.05) is 17.3 Å². The van der Waals surface area contributed by atoms with Gasteiger partial charge in [-0.3, -0.25) is 0 Å². The number of thiophene rings is 1. The Hall–Kier alpha value is -1.29. The highest BCUT2D eigenvalue weighted by atomic mass is 32.1. The van der Waals surface area contributed by atoms with Gasteiger partial charge in [0.25, 0.3) is 0 Å². The molecule has 13 heavy (non-hydrogen) atoms.